The van der Waals surface area contributed by atoms with Crippen LogP contribution in [0.15, 0.2) is 32.7 Å². The van der Waals surface area contributed by atoms with Crippen LogP contribution in [-0.2, 0) is 13.2 Å². The third kappa shape index (κ3) is 4.07. The van der Waals surface area contributed by atoms with E-state index in [1.54, 1.807) is 0 Å². The highest BCUT2D eigenvalue weighted by molar-refractivity contribution is 8.00. The SMILES string of the molecule is Cn1c(N)c(C(=O)CSc2ccc(Cl)c(C(F)(F)F)c2)c(=O)[nH]c1=O. The lowest BCUT2D eigenvalue weighted by Gasteiger charge is -2.11. The molecule has 0 unspecified atom stereocenters. The van der Waals surface area contributed by atoms with E-state index in [1.807, 2.05) is 4.98 Å². The van der Waals surface area contributed by atoms with Gasteiger partial charge in [-0.1, -0.05) is 11.6 Å². The summed E-state index contributed by atoms with van der Waals surface area (Å²) in [6, 6.07) is 3.21. The summed E-state index contributed by atoms with van der Waals surface area (Å²) in [5.74, 6) is -1.38. The van der Waals surface area contributed by atoms with Crippen LogP contribution in [0.3, 0.4) is 0 Å². The number of Topliss-reactive ketones (excluding diaryl/α,β-unsaturated/α-hetero) is 1. The number of carbonyl (C=O) groups excluding carboxylic acids is 1. The number of hydrogen-bond donors (Lipinski definition) is 2. The second-order valence-corrected chi connectivity index (χ2v) is 6.39. The Labute approximate surface area is 147 Å². The number of nitrogens with one attached hydrogen (secondary N) is 1. The van der Waals surface area contributed by atoms with Crippen LogP contribution < -0.4 is 17.0 Å². The van der Waals surface area contributed by atoms with Crippen molar-refractivity contribution in [2.24, 2.45) is 7.05 Å². The molecule has 1 heterocycles. The van der Waals surface area contributed by atoms with Crippen molar-refractivity contribution >= 4 is 35.0 Å². The number of nitrogens with zero attached hydrogens (tertiary/aromatic N) is 1. The number of H-pyrrole nitrogens is 1. The molecule has 2 aromatic rings. The number of nitrogens with two attached hydrogens (primary N) is 1. The Kier molecular flexibility index (Phi) is 5.33. The van der Waals surface area contributed by atoms with Crippen LogP contribution in [0.5, 0.6) is 0 Å². The first-order valence-electron chi connectivity index (χ1n) is 6.64. The van der Waals surface area contributed by atoms with Crippen LogP contribution in [0.2, 0.25) is 5.02 Å². The van der Waals surface area contributed by atoms with Crippen LogP contribution in [-0.4, -0.2) is 21.1 Å². The van der Waals surface area contributed by atoms with E-state index in [4.69, 9.17) is 17.3 Å². The summed E-state index contributed by atoms with van der Waals surface area (Å²) in [7, 11) is 1.27. The Morgan fingerprint density at radius 1 is 1.36 bits per heavy atom. The summed E-state index contributed by atoms with van der Waals surface area (Å²) in [4.78, 5) is 37.4. The first kappa shape index (κ1) is 19.1. The van der Waals surface area contributed by atoms with Gasteiger partial charge in [0.05, 0.1) is 16.3 Å². The highest BCUT2D eigenvalue weighted by Crippen LogP contribution is 2.37. The van der Waals surface area contributed by atoms with Gasteiger partial charge in [-0.2, -0.15) is 13.2 Å². The van der Waals surface area contributed by atoms with Crippen molar-refractivity contribution in [3.05, 3.63) is 55.2 Å². The number of carbonyl (C=O) groups is 1. The lowest BCUT2D eigenvalue weighted by molar-refractivity contribution is -0.137. The molecule has 0 spiro atoms. The number of thioether (sulfide) groups is 1. The molecule has 0 amide bonds. The minimum Gasteiger partial charge on any atom is -0.384 e. The van der Waals surface area contributed by atoms with Gasteiger partial charge < -0.3 is 5.73 Å². The molecule has 0 atom stereocenters. The molecular formula is C14H11ClF3N3O3S. The average molecular weight is 394 g/mol. The Morgan fingerprint density at radius 2 is 2.00 bits per heavy atom. The second-order valence-electron chi connectivity index (χ2n) is 4.93. The van der Waals surface area contributed by atoms with Crippen molar-refractivity contribution in [1.29, 1.82) is 0 Å². The van der Waals surface area contributed by atoms with Gasteiger partial charge in [-0.15, -0.1) is 11.8 Å². The van der Waals surface area contributed by atoms with Crippen LogP contribution in [0.25, 0.3) is 0 Å². The zero-order chi connectivity index (χ0) is 18.9. The van der Waals surface area contributed by atoms with Gasteiger partial charge in [0.15, 0.2) is 5.78 Å². The maximum atomic E-state index is 12.8. The first-order chi connectivity index (χ1) is 11.5. The summed E-state index contributed by atoms with van der Waals surface area (Å²) < 4.78 is 39.4. The van der Waals surface area contributed by atoms with E-state index in [0.717, 1.165) is 28.5 Å². The summed E-state index contributed by atoms with van der Waals surface area (Å²) in [6.45, 7) is 0. The van der Waals surface area contributed by atoms with E-state index in [0.29, 0.717) is 0 Å². The van der Waals surface area contributed by atoms with E-state index in [2.05, 4.69) is 0 Å². The van der Waals surface area contributed by atoms with Gasteiger partial charge in [-0.3, -0.25) is 19.1 Å². The minimum absolute atomic E-state index is 0.143. The number of hydrogen-bond acceptors (Lipinski definition) is 5. The van der Waals surface area contributed by atoms with Gasteiger partial charge in [-0.05, 0) is 18.2 Å². The quantitative estimate of drug-likeness (QED) is 0.613. The molecule has 6 nitrogen and oxygen atoms in total. The fourth-order valence-electron chi connectivity index (χ4n) is 1.94. The fraction of sp³-hybridized carbons (Fsp3) is 0.214. The van der Waals surface area contributed by atoms with Gasteiger partial charge >= 0.3 is 11.9 Å². The molecule has 0 fully saturated rings. The van der Waals surface area contributed by atoms with Crippen molar-refractivity contribution in [2.75, 3.05) is 11.5 Å². The smallest absolute Gasteiger partial charge is 0.384 e. The molecule has 0 aliphatic heterocycles. The van der Waals surface area contributed by atoms with Crippen molar-refractivity contribution in [3.63, 3.8) is 0 Å². The van der Waals surface area contributed by atoms with E-state index >= 15 is 0 Å². The summed E-state index contributed by atoms with van der Waals surface area (Å²) in [5, 5.41) is -0.457. The van der Waals surface area contributed by atoms with Gasteiger partial charge in [0, 0.05) is 11.9 Å². The van der Waals surface area contributed by atoms with Gasteiger partial charge in [0.25, 0.3) is 5.56 Å². The number of nitrogen functional groups attached to an aromatic ring is 1. The lowest BCUT2D eigenvalue weighted by Crippen LogP contribution is -2.35. The van der Waals surface area contributed by atoms with Crippen molar-refractivity contribution in [3.8, 4) is 0 Å². The zero-order valence-corrected chi connectivity index (χ0v) is 14.2. The number of alkyl halides is 3. The lowest BCUT2D eigenvalue weighted by atomic mass is 10.2. The van der Waals surface area contributed by atoms with Gasteiger partial charge in [0.2, 0.25) is 0 Å². The normalized spacial score (nSPS) is 11.6. The molecule has 2 rings (SSSR count). The molecular weight excluding hydrogens is 383 g/mol. The number of benzene rings is 1. The van der Waals surface area contributed by atoms with Crippen molar-refractivity contribution in [2.45, 2.75) is 11.1 Å². The molecule has 0 saturated heterocycles. The third-order valence-electron chi connectivity index (χ3n) is 3.26. The fourth-order valence-corrected chi connectivity index (χ4v) is 2.97. The molecule has 0 aliphatic carbocycles. The maximum absolute atomic E-state index is 12.8. The van der Waals surface area contributed by atoms with E-state index in [1.165, 1.54) is 13.1 Å². The minimum atomic E-state index is -4.63. The van der Waals surface area contributed by atoms with E-state index < -0.39 is 39.4 Å². The highest BCUT2D eigenvalue weighted by Gasteiger charge is 2.33. The molecule has 0 radical (unpaired) electrons. The van der Waals surface area contributed by atoms with Crippen LogP contribution in [0.1, 0.15) is 15.9 Å². The Bertz CT molecular complexity index is 953. The summed E-state index contributed by atoms with van der Waals surface area (Å²) in [6.07, 6.45) is -4.63. The predicted octanol–water partition coefficient (Wildman–Crippen LogP) is 2.30. The third-order valence-corrected chi connectivity index (χ3v) is 4.59. The standard InChI is InChI=1S/C14H11ClF3N3O3S/c1-21-11(19)10(12(23)20-13(21)24)9(22)5-25-6-2-3-8(15)7(4-6)14(16,17)18/h2-4H,5,19H2,1H3,(H,20,23,24). The molecule has 1 aromatic carbocycles. The largest absolute Gasteiger partial charge is 0.417 e. The molecule has 0 saturated carbocycles. The molecule has 11 heteroatoms. The average Bonchev–Trinajstić information content (AvgIpc) is 2.50. The Hall–Kier alpha value is -2.20. The summed E-state index contributed by atoms with van der Waals surface area (Å²) in [5.41, 5.74) is 2.44. The summed E-state index contributed by atoms with van der Waals surface area (Å²) >= 11 is 6.31. The number of halogens is 4. The Morgan fingerprint density at radius 3 is 2.60 bits per heavy atom. The van der Waals surface area contributed by atoms with Gasteiger partial charge in [-0.25, -0.2) is 4.79 Å². The van der Waals surface area contributed by atoms with Gasteiger partial charge in [0.1, 0.15) is 11.4 Å². The number of ketones is 1. The van der Waals surface area contributed by atoms with Crippen LogP contribution in [0.4, 0.5) is 19.0 Å². The van der Waals surface area contributed by atoms with E-state index in [-0.39, 0.29) is 16.5 Å². The molecule has 134 valence electrons. The monoisotopic (exact) mass is 393 g/mol. The number of aromatic amines is 1. The van der Waals surface area contributed by atoms with Crippen molar-refractivity contribution in [1.82, 2.24) is 9.55 Å². The molecule has 1 aromatic heterocycles. The second kappa shape index (κ2) is 6.96. The molecule has 0 aliphatic rings. The first-order valence-corrected chi connectivity index (χ1v) is 8.00. The number of anilines is 1. The zero-order valence-electron chi connectivity index (χ0n) is 12.6. The number of aromatic nitrogens is 2. The Balaban J connectivity index is 2.26. The predicted molar refractivity (Wildman–Crippen MR) is 88.2 cm³/mol. The van der Waals surface area contributed by atoms with Crippen LogP contribution >= 0.6 is 23.4 Å². The van der Waals surface area contributed by atoms with Crippen LogP contribution in [0, 0.1) is 0 Å². The molecule has 0 bridgehead atoms. The topological polar surface area (TPSA) is 97.9 Å². The highest BCUT2D eigenvalue weighted by atomic mass is 35.5. The van der Waals surface area contributed by atoms with Crippen molar-refractivity contribution < 1.29 is 18.0 Å². The van der Waals surface area contributed by atoms with E-state index in [9.17, 15) is 27.6 Å². The molecule has 3 N–H and O–H groups in total. The number of rotatable bonds is 4. The maximum Gasteiger partial charge on any atom is 0.417 e. The molecule has 25 heavy (non-hydrogen) atoms.